The third-order valence-electron chi connectivity index (χ3n) is 5.82. The summed E-state index contributed by atoms with van der Waals surface area (Å²) in [5.74, 6) is -1.94. The topological polar surface area (TPSA) is 102 Å². The number of nitrogens with one attached hydrogen (secondary N) is 1. The maximum absolute atomic E-state index is 13.2. The van der Waals surface area contributed by atoms with Crippen LogP contribution < -0.4 is 15.0 Å². The van der Waals surface area contributed by atoms with Crippen molar-refractivity contribution in [2.24, 2.45) is 0 Å². The Hall–Kier alpha value is -4.29. The highest BCUT2D eigenvalue weighted by atomic mass is 35.5. The molecule has 1 aliphatic rings. The van der Waals surface area contributed by atoms with E-state index in [1.807, 2.05) is 19.9 Å². The molecule has 0 saturated carbocycles. The Bertz CT molecular complexity index is 1590. The molecule has 0 unspecified atom stereocenters. The first kappa shape index (κ1) is 27.7. The molecule has 1 heterocycles. The molecule has 1 aliphatic heterocycles. The van der Waals surface area contributed by atoms with Crippen molar-refractivity contribution in [1.82, 2.24) is 5.32 Å². The van der Waals surface area contributed by atoms with Crippen molar-refractivity contribution in [2.75, 3.05) is 4.90 Å². The maximum Gasteiger partial charge on any atom is 0.416 e. The van der Waals surface area contributed by atoms with E-state index >= 15 is 0 Å². The molecule has 3 aromatic rings. The number of hydrogen-bond acceptors (Lipinski definition) is 6. The van der Waals surface area contributed by atoms with Crippen molar-refractivity contribution in [3.05, 3.63) is 97.6 Å². The molecule has 0 radical (unpaired) electrons. The van der Waals surface area contributed by atoms with Gasteiger partial charge in [0.1, 0.15) is 11.3 Å². The number of nitrogens with zero attached hydrogens (tertiary/aromatic N) is 2. The number of carbonyl (C=O) groups is 2. The number of nitro benzene ring substituents is 1. The fraction of sp³-hybridized carbons (Fsp3) is 0.115. The second-order valence-corrected chi connectivity index (χ2v) is 9.25. The summed E-state index contributed by atoms with van der Waals surface area (Å²) in [7, 11) is 0. The minimum Gasteiger partial charge on any atom is -0.449 e. The Balaban J connectivity index is 1.64. The number of amides is 2. The zero-order chi connectivity index (χ0) is 28.6. The summed E-state index contributed by atoms with van der Waals surface area (Å²) in [5, 5.41) is 13.7. The van der Waals surface area contributed by atoms with Gasteiger partial charge in [-0.15, -0.1) is 0 Å². The molecule has 13 heteroatoms. The highest BCUT2D eigenvalue weighted by Gasteiger charge is 2.35. The Morgan fingerprint density at radius 3 is 2.33 bits per heavy atom. The summed E-state index contributed by atoms with van der Waals surface area (Å²) in [4.78, 5) is 37.4. The number of rotatable bonds is 5. The third-order valence-corrected chi connectivity index (χ3v) is 6.40. The van der Waals surface area contributed by atoms with E-state index in [2.05, 4.69) is 5.32 Å². The van der Waals surface area contributed by atoms with E-state index in [1.165, 1.54) is 29.2 Å². The zero-order valence-corrected chi connectivity index (χ0v) is 21.7. The Labute approximate surface area is 229 Å². The van der Waals surface area contributed by atoms with Gasteiger partial charge in [-0.2, -0.15) is 13.2 Å². The molecule has 39 heavy (non-hydrogen) atoms. The molecular formula is C26H17ClF3N3O5S. The molecule has 0 aromatic heterocycles. The van der Waals surface area contributed by atoms with Crippen LogP contribution in [0.4, 0.5) is 24.5 Å². The van der Waals surface area contributed by atoms with Gasteiger partial charge in [-0.05, 0) is 85.2 Å². The second-order valence-electron chi connectivity index (χ2n) is 8.46. The average molecular weight is 576 g/mol. The third kappa shape index (κ3) is 5.76. The first-order valence-electron chi connectivity index (χ1n) is 11.1. The molecule has 2 amide bonds. The fourth-order valence-corrected chi connectivity index (χ4v) is 4.16. The summed E-state index contributed by atoms with van der Waals surface area (Å²) >= 11 is 11.5. The number of benzene rings is 3. The van der Waals surface area contributed by atoms with Crippen LogP contribution in [0.2, 0.25) is 5.02 Å². The predicted molar refractivity (Wildman–Crippen MR) is 142 cm³/mol. The molecule has 3 aromatic carbocycles. The van der Waals surface area contributed by atoms with Gasteiger partial charge in [-0.3, -0.25) is 29.9 Å². The number of aryl methyl sites for hydroxylation is 2. The molecule has 1 saturated heterocycles. The lowest BCUT2D eigenvalue weighted by molar-refractivity contribution is -0.385. The molecule has 0 spiro atoms. The lowest BCUT2D eigenvalue weighted by Crippen LogP contribution is -2.54. The largest absolute Gasteiger partial charge is 0.449 e. The number of carbonyl (C=O) groups excluding carboxylic acids is 2. The van der Waals surface area contributed by atoms with Crippen molar-refractivity contribution in [3.63, 3.8) is 0 Å². The lowest BCUT2D eigenvalue weighted by Gasteiger charge is -2.29. The number of nitro groups is 1. The van der Waals surface area contributed by atoms with Crippen LogP contribution >= 0.6 is 23.8 Å². The molecule has 1 N–H and O–H groups in total. The summed E-state index contributed by atoms with van der Waals surface area (Å²) in [6.45, 7) is 3.78. The van der Waals surface area contributed by atoms with Gasteiger partial charge in [0, 0.05) is 6.07 Å². The minimum atomic E-state index is -4.78. The van der Waals surface area contributed by atoms with Crippen molar-refractivity contribution in [2.45, 2.75) is 20.0 Å². The Morgan fingerprint density at radius 2 is 1.72 bits per heavy atom. The summed E-state index contributed by atoms with van der Waals surface area (Å²) in [6, 6.07) is 11.2. The van der Waals surface area contributed by atoms with Crippen LogP contribution in [-0.2, 0) is 15.8 Å². The van der Waals surface area contributed by atoms with Crippen LogP contribution in [0.1, 0.15) is 22.3 Å². The fourth-order valence-electron chi connectivity index (χ4n) is 3.65. The van der Waals surface area contributed by atoms with Crippen LogP contribution in [0.15, 0.2) is 60.2 Å². The zero-order valence-electron chi connectivity index (χ0n) is 20.1. The number of alkyl halides is 3. The monoisotopic (exact) mass is 575 g/mol. The van der Waals surface area contributed by atoms with Crippen LogP contribution in [0, 0.1) is 24.0 Å². The average Bonchev–Trinajstić information content (AvgIpc) is 2.84. The van der Waals surface area contributed by atoms with E-state index in [1.54, 1.807) is 12.1 Å². The molecule has 1 fully saturated rings. The van der Waals surface area contributed by atoms with Gasteiger partial charge in [0.05, 0.1) is 21.2 Å². The van der Waals surface area contributed by atoms with E-state index in [0.29, 0.717) is 23.4 Å². The summed E-state index contributed by atoms with van der Waals surface area (Å²) in [6.07, 6.45) is -3.50. The van der Waals surface area contributed by atoms with Crippen LogP contribution in [-0.4, -0.2) is 21.9 Å². The van der Waals surface area contributed by atoms with Crippen LogP contribution in [0.3, 0.4) is 0 Å². The molecule has 200 valence electrons. The highest BCUT2D eigenvalue weighted by molar-refractivity contribution is 7.80. The van der Waals surface area contributed by atoms with E-state index in [-0.39, 0.29) is 21.5 Å². The van der Waals surface area contributed by atoms with Gasteiger partial charge in [0.25, 0.3) is 11.8 Å². The van der Waals surface area contributed by atoms with Gasteiger partial charge in [0.2, 0.25) is 5.75 Å². The Morgan fingerprint density at radius 1 is 1.03 bits per heavy atom. The Kier molecular flexibility index (Phi) is 7.44. The number of halogens is 4. The van der Waals surface area contributed by atoms with Gasteiger partial charge in [0.15, 0.2) is 5.11 Å². The number of anilines is 1. The quantitative estimate of drug-likeness (QED) is 0.122. The SMILES string of the molecule is Cc1ccc(N2C(=O)/C(=C/c3ccc(Oc4ccc(C(F)(F)F)cc4[N+](=O)[O-])c(Cl)c3)C(=O)NC2=S)cc1C. The van der Waals surface area contributed by atoms with Crippen LogP contribution in [0.5, 0.6) is 11.5 Å². The lowest BCUT2D eigenvalue weighted by atomic mass is 10.1. The van der Waals surface area contributed by atoms with Gasteiger partial charge < -0.3 is 4.74 Å². The highest BCUT2D eigenvalue weighted by Crippen LogP contribution is 2.39. The predicted octanol–water partition coefficient (Wildman–Crippen LogP) is 6.51. The number of ether oxygens (including phenoxy) is 1. The molecule has 4 rings (SSSR count). The standard InChI is InChI=1S/C26H17ClF3N3O5S/c1-13-3-6-17(9-14(13)2)32-24(35)18(23(34)31-25(32)39)10-15-4-7-21(19(27)11-15)38-22-8-5-16(26(28,29)30)12-20(22)33(36)37/h3-12H,1-2H3,(H,31,34,39)/b18-10+. The first-order chi connectivity index (χ1) is 18.3. The van der Waals surface area contributed by atoms with Crippen molar-refractivity contribution in [3.8, 4) is 11.5 Å². The van der Waals surface area contributed by atoms with E-state index in [9.17, 15) is 32.9 Å². The molecular weight excluding hydrogens is 559 g/mol. The van der Waals surface area contributed by atoms with Crippen molar-refractivity contribution < 1.29 is 32.4 Å². The van der Waals surface area contributed by atoms with E-state index in [0.717, 1.165) is 17.2 Å². The normalized spacial score (nSPS) is 15.0. The van der Waals surface area contributed by atoms with Gasteiger partial charge in [-0.25, -0.2) is 0 Å². The van der Waals surface area contributed by atoms with Gasteiger partial charge >= 0.3 is 11.9 Å². The first-order valence-corrected chi connectivity index (χ1v) is 11.9. The molecule has 8 nitrogen and oxygen atoms in total. The molecule has 0 bridgehead atoms. The summed E-state index contributed by atoms with van der Waals surface area (Å²) < 4.78 is 44.3. The number of thiocarbonyl (C=S) groups is 1. The van der Waals surface area contributed by atoms with Crippen molar-refractivity contribution >= 4 is 58.2 Å². The second kappa shape index (κ2) is 10.5. The molecule has 0 aliphatic carbocycles. The minimum absolute atomic E-state index is 0.0784. The van der Waals surface area contributed by atoms with E-state index < -0.39 is 39.9 Å². The molecule has 0 atom stereocenters. The van der Waals surface area contributed by atoms with Gasteiger partial charge in [-0.1, -0.05) is 23.7 Å². The van der Waals surface area contributed by atoms with Crippen LogP contribution in [0.25, 0.3) is 6.08 Å². The number of hydrogen-bond donors (Lipinski definition) is 1. The smallest absolute Gasteiger partial charge is 0.416 e. The van der Waals surface area contributed by atoms with E-state index in [4.69, 9.17) is 28.6 Å². The summed E-state index contributed by atoms with van der Waals surface area (Å²) in [5.41, 5.74) is 0.358. The van der Waals surface area contributed by atoms with Crippen molar-refractivity contribution in [1.29, 1.82) is 0 Å². The maximum atomic E-state index is 13.2.